The molecule has 0 unspecified atom stereocenters. The number of ether oxygens (including phenoxy) is 1. The van der Waals surface area contributed by atoms with Crippen molar-refractivity contribution in [2.75, 3.05) is 0 Å². The molecule has 0 radical (unpaired) electrons. The molecule has 0 atom stereocenters. The van der Waals surface area contributed by atoms with Crippen molar-refractivity contribution in [3.63, 3.8) is 0 Å². The summed E-state index contributed by atoms with van der Waals surface area (Å²) in [5.41, 5.74) is 1.82. The molecule has 0 aliphatic carbocycles. The minimum absolute atomic E-state index is 0.250. The van der Waals surface area contributed by atoms with Gasteiger partial charge in [0.25, 0.3) is 0 Å². The lowest BCUT2D eigenvalue weighted by molar-refractivity contribution is 0.111. The summed E-state index contributed by atoms with van der Waals surface area (Å²) in [6.45, 7) is 0.250. The van der Waals surface area contributed by atoms with Gasteiger partial charge in [-0.15, -0.1) is 0 Å². The monoisotopic (exact) mass is 271 g/mol. The van der Waals surface area contributed by atoms with E-state index >= 15 is 0 Å². The highest BCUT2D eigenvalue weighted by Gasteiger charge is 2.08. The summed E-state index contributed by atoms with van der Waals surface area (Å²) < 4.78 is 5.57. The van der Waals surface area contributed by atoms with Crippen molar-refractivity contribution >= 4 is 17.9 Å². The van der Waals surface area contributed by atoms with Gasteiger partial charge < -0.3 is 4.74 Å². The maximum absolute atomic E-state index is 10.9. The lowest BCUT2D eigenvalue weighted by Crippen LogP contribution is -1.99. The number of benzene rings is 2. The number of halogens is 1. The van der Waals surface area contributed by atoms with E-state index in [-0.39, 0.29) is 6.61 Å². The van der Waals surface area contributed by atoms with Gasteiger partial charge in [0.1, 0.15) is 12.4 Å². The van der Waals surface area contributed by atoms with Crippen LogP contribution in [0.15, 0.2) is 42.5 Å². The van der Waals surface area contributed by atoms with Gasteiger partial charge in [0, 0.05) is 0 Å². The fraction of sp³-hybridized carbons (Fsp3) is 0.0667. The van der Waals surface area contributed by atoms with Crippen LogP contribution in [0.3, 0.4) is 0 Å². The van der Waals surface area contributed by atoms with E-state index in [1.165, 1.54) is 0 Å². The van der Waals surface area contributed by atoms with Crippen LogP contribution < -0.4 is 4.74 Å². The first-order chi connectivity index (χ1) is 9.24. The maximum Gasteiger partial charge on any atom is 0.153 e. The Morgan fingerprint density at radius 3 is 2.79 bits per heavy atom. The normalized spacial score (nSPS) is 9.68. The van der Waals surface area contributed by atoms with Gasteiger partial charge in [-0.05, 0) is 29.8 Å². The fourth-order valence-corrected chi connectivity index (χ4v) is 1.89. The van der Waals surface area contributed by atoms with E-state index in [2.05, 4.69) is 6.07 Å². The second-order valence-electron chi connectivity index (χ2n) is 3.88. The van der Waals surface area contributed by atoms with Gasteiger partial charge in [-0.2, -0.15) is 5.26 Å². The molecule has 3 nitrogen and oxygen atoms in total. The molecule has 2 rings (SSSR count). The smallest absolute Gasteiger partial charge is 0.153 e. The fourth-order valence-electron chi connectivity index (χ4n) is 1.66. The second kappa shape index (κ2) is 6.03. The molecule has 4 heteroatoms. The number of para-hydroxylation sites is 1. The van der Waals surface area contributed by atoms with Crippen LogP contribution in [-0.2, 0) is 6.61 Å². The molecule has 0 fully saturated rings. The van der Waals surface area contributed by atoms with Gasteiger partial charge in [0.15, 0.2) is 6.29 Å². The zero-order chi connectivity index (χ0) is 13.7. The van der Waals surface area contributed by atoms with Crippen molar-refractivity contribution in [2.24, 2.45) is 0 Å². The molecule has 0 bridgehead atoms. The summed E-state index contributed by atoms with van der Waals surface area (Å²) in [6.07, 6.45) is 0.701. The average molecular weight is 272 g/mol. The minimum atomic E-state index is 0.250. The molecule has 0 aromatic heterocycles. The molecule has 2 aromatic carbocycles. The van der Waals surface area contributed by atoms with Crippen LogP contribution in [0.25, 0.3) is 0 Å². The summed E-state index contributed by atoms with van der Waals surface area (Å²) >= 11 is 6.00. The number of carbonyl (C=O) groups is 1. The Morgan fingerprint density at radius 2 is 2.05 bits per heavy atom. The summed E-state index contributed by atoms with van der Waals surface area (Å²) in [6, 6.07) is 14.1. The molecule has 0 spiro atoms. The molecular formula is C15H10ClNO2. The van der Waals surface area contributed by atoms with Crippen molar-refractivity contribution in [3.8, 4) is 11.8 Å². The van der Waals surface area contributed by atoms with Gasteiger partial charge >= 0.3 is 0 Å². The highest BCUT2D eigenvalue weighted by molar-refractivity contribution is 6.32. The summed E-state index contributed by atoms with van der Waals surface area (Å²) in [5, 5.41) is 9.21. The molecule has 0 amide bonds. The third-order valence-electron chi connectivity index (χ3n) is 2.56. The largest absolute Gasteiger partial charge is 0.487 e. The van der Waals surface area contributed by atoms with E-state index in [0.717, 1.165) is 5.56 Å². The van der Waals surface area contributed by atoms with Crippen LogP contribution in [0.5, 0.6) is 5.75 Å². The van der Waals surface area contributed by atoms with Gasteiger partial charge in [-0.25, -0.2) is 0 Å². The lowest BCUT2D eigenvalue weighted by Gasteiger charge is -2.10. The Morgan fingerprint density at radius 1 is 1.26 bits per heavy atom. The summed E-state index contributed by atoms with van der Waals surface area (Å²) in [7, 11) is 0. The first-order valence-corrected chi connectivity index (χ1v) is 5.98. The van der Waals surface area contributed by atoms with Crippen LogP contribution in [0.1, 0.15) is 21.5 Å². The summed E-state index contributed by atoms with van der Waals surface area (Å²) in [5.74, 6) is 0.363. The Bertz CT molecular complexity index is 647. The zero-order valence-electron chi connectivity index (χ0n) is 9.97. The van der Waals surface area contributed by atoms with Crippen LogP contribution in [0.2, 0.25) is 5.02 Å². The van der Waals surface area contributed by atoms with Crippen LogP contribution >= 0.6 is 11.6 Å². The van der Waals surface area contributed by atoms with Crippen molar-refractivity contribution in [1.82, 2.24) is 0 Å². The first kappa shape index (κ1) is 13.1. The Hall–Kier alpha value is -2.31. The minimum Gasteiger partial charge on any atom is -0.487 e. The number of carbonyl (C=O) groups excluding carboxylic acids is 1. The van der Waals surface area contributed by atoms with E-state index in [0.29, 0.717) is 28.2 Å². The van der Waals surface area contributed by atoms with E-state index < -0.39 is 0 Å². The third kappa shape index (κ3) is 3.12. The van der Waals surface area contributed by atoms with Crippen LogP contribution in [0.4, 0.5) is 0 Å². The second-order valence-corrected chi connectivity index (χ2v) is 4.28. The molecule has 0 N–H and O–H groups in total. The number of nitriles is 1. The van der Waals surface area contributed by atoms with Crippen molar-refractivity contribution in [3.05, 3.63) is 64.2 Å². The topological polar surface area (TPSA) is 50.1 Å². The van der Waals surface area contributed by atoms with Crippen molar-refractivity contribution in [2.45, 2.75) is 6.61 Å². The van der Waals surface area contributed by atoms with Crippen molar-refractivity contribution in [1.29, 1.82) is 5.26 Å². The quantitative estimate of drug-likeness (QED) is 0.798. The van der Waals surface area contributed by atoms with Gasteiger partial charge in [0.2, 0.25) is 0 Å². The SMILES string of the molecule is N#Cc1cccc(COc2c(Cl)cccc2C=O)c1. The molecular weight excluding hydrogens is 262 g/mol. The molecule has 0 heterocycles. The molecule has 2 aromatic rings. The van der Waals surface area contributed by atoms with Crippen molar-refractivity contribution < 1.29 is 9.53 Å². The van der Waals surface area contributed by atoms with E-state index in [9.17, 15) is 4.79 Å². The van der Waals surface area contributed by atoms with E-state index in [1.54, 1.807) is 36.4 Å². The number of hydrogen-bond acceptors (Lipinski definition) is 3. The Kier molecular flexibility index (Phi) is 4.17. The number of aldehydes is 1. The molecule has 0 saturated heterocycles. The first-order valence-electron chi connectivity index (χ1n) is 5.60. The Labute approximate surface area is 116 Å². The third-order valence-corrected chi connectivity index (χ3v) is 2.86. The number of rotatable bonds is 4. The number of hydrogen-bond donors (Lipinski definition) is 0. The molecule has 0 aliphatic heterocycles. The molecule has 0 saturated carbocycles. The lowest BCUT2D eigenvalue weighted by atomic mass is 10.1. The standard InChI is InChI=1S/C15H10ClNO2/c16-14-6-2-5-13(9-18)15(14)19-10-12-4-1-3-11(7-12)8-17/h1-7,9H,10H2. The molecule has 94 valence electrons. The number of nitrogens with zero attached hydrogens (tertiary/aromatic N) is 1. The van der Waals surface area contributed by atoms with E-state index in [1.807, 2.05) is 6.07 Å². The predicted molar refractivity (Wildman–Crippen MR) is 72.3 cm³/mol. The molecule has 0 aliphatic rings. The van der Waals surface area contributed by atoms with Gasteiger partial charge in [0.05, 0.1) is 22.2 Å². The van der Waals surface area contributed by atoms with Gasteiger partial charge in [-0.1, -0.05) is 29.8 Å². The summed E-state index contributed by atoms with van der Waals surface area (Å²) in [4.78, 5) is 10.9. The predicted octanol–water partition coefficient (Wildman–Crippen LogP) is 3.60. The molecule has 19 heavy (non-hydrogen) atoms. The van der Waals surface area contributed by atoms with Crippen LogP contribution in [0, 0.1) is 11.3 Å². The van der Waals surface area contributed by atoms with Gasteiger partial charge in [-0.3, -0.25) is 4.79 Å². The zero-order valence-corrected chi connectivity index (χ0v) is 10.7. The highest BCUT2D eigenvalue weighted by atomic mass is 35.5. The maximum atomic E-state index is 10.9. The Balaban J connectivity index is 2.19. The highest BCUT2D eigenvalue weighted by Crippen LogP contribution is 2.28. The van der Waals surface area contributed by atoms with Crippen LogP contribution in [-0.4, -0.2) is 6.29 Å². The average Bonchev–Trinajstić information content (AvgIpc) is 2.46. The van der Waals surface area contributed by atoms with E-state index in [4.69, 9.17) is 21.6 Å².